The lowest BCUT2D eigenvalue weighted by atomic mass is 10.2. The Bertz CT molecular complexity index is 330. The van der Waals surface area contributed by atoms with Crippen molar-refractivity contribution in [3.05, 3.63) is 29.8 Å². The summed E-state index contributed by atoms with van der Waals surface area (Å²) < 4.78 is 10.4. The van der Waals surface area contributed by atoms with Crippen LogP contribution in [0.4, 0.5) is 0 Å². The maximum atomic E-state index is 11.2. The summed E-state index contributed by atoms with van der Waals surface area (Å²) in [7, 11) is 0. The second kappa shape index (κ2) is 6.16. The van der Waals surface area contributed by atoms with Gasteiger partial charge in [0, 0.05) is 0 Å². The van der Waals surface area contributed by atoms with Crippen LogP contribution in [-0.4, -0.2) is 18.7 Å². The summed E-state index contributed by atoms with van der Waals surface area (Å²) in [5, 5.41) is 0. The van der Waals surface area contributed by atoms with Crippen LogP contribution in [0.2, 0.25) is 0 Å². The van der Waals surface area contributed by atoms with Crippen LogP contribution in [0, 0.1) is 6.92 Å². The number of carbonyl (C=O) groups is 1. The van der Waals surface area contributed by atoms with Crippen molar-refractivity contribution in [3.8, 4) is 5.75 Å². The third-order valence-electron chi connectivity index (χ3n) is 2.12. The van der Waals surface area contributed by atoms with Crippen molar-refractivity contribution in [1.29, 1.82) is 0 Å². The van der Waals surface area contributed by atoms with Crippen molar-refractivity contribution >= 4 is 5.97 Å². The number of ether oxygens (including phenoxy) is 2. The third-order valence-corrected chi connectivity index (χ3v) is 2.12. The standard InChI is InChI=1S/C13H18O3/c1-4-15-13(14)9-11(3)16-12-7-5-10(2)6-8-12/h5-8,11H,4,9H2,1-3H3. The average Bonchev–Trinajstić information content (AvgIpc) is 2.21. The summed E-state index contributed by atoms with van der Waals surface area (Å²) in [6.07, 6.45) is 0.114. The summed E-state index contributed by atoms with van der Waals surface area (Å²) in [4.78, 5) is 11.2. The van der Waals surface area contributed by atoms with E-state index in [9.17, 15) is 4.79 Å². The van der Waals surface area contributed by atoms with Gasteiger partial charge in [-0.2, -0.15) is 0 Å². The van der Waals surface area contributed by atoms with E-state index in [0.717, 1.165) is 5.75 Å². The van der Waals surface area contributed by atoms with Gasteiger partial charge in [-0.3, -0.25) is 4.79 Å². The number of esters is 1. The van der Waals surface area contributed by atoms with E-state index in [2.05, 4.69) is 0 Å². The molecule has 0 aliphatic rings. The normalized spacial score (nSPS) is 11.9. The van der Waals surface area contributed by atoms with Crippen LogP contribution in [0.25, 0.3) is 0 Å². The lowest BCUT2D eigenvalue weighted by molar-refractivity contribution is -0.144. The molecule has 1 atom stereocenters. The average molecular weight is 222 g/mol. The highest BCUT2D eigenvalue weighted by molar-refractivity contribution is 5.69. The van der Waals surface area contributed by atoms with Crippen molar-refractivity contribution < 1.29 is 14.3 Å². The highest BCUT2D eigenvalue weighted by Crippen LogP contribution is 2.14. The molecule has 1 rings (SSSR count). The van der Waals surface area contributed by atoms with Crippen LogP contribution < -0.4 is 4.74 Å². The summed E-state index contributed by atoms with van der Waals surface area (Å²) in [6.45, 7) is 6.09. The van der Waals surface area contributed by atoms with Crippen LogP contribution in [-0.2, 0) is 9.53 Å². The maximum absolute atomic E-state index is 11.2. The van der Waals surface area contributed by atoms with Crippen molar-refractivity contribution in [2.75, 3.05) is 6.61 Å². The van der Waals surface area contributed by atoms with Gasteiger partial charge in [0.05, 0.1) is 13.0 Å². The fourth-order valence-corrected chi connectivity index (χ4v) is 1.35. The predicted molar refractivity (Wildman–Crippen MR) is 62.5 cm³/mol. The topological polar surface area (TPSA) is 35.5 Å². The SMILES string of the molecule is CCOC(=O)CC(C)Oc1ccc(C)cc1. The lowest BCUT2D eigenvalue weighted by Crippen LogP contribution is -2.18. The van der Waals surface area contributed by atoms with Gasteiger partial charge in [-0.1, -0.05) is 17.7 Å². The molecule has 0 N–H and O–H groups in total. The number of rotatable bonds is 5. The molecule has 0 aliphatic heterocycles. The molecule has 0 radical (unpaired) electrons. The van der Waals surface area contributed by atoms with E-state index in [1.165, 1.54) is 5.56 Å². The number of aryl methyl sites for hydroxylation is 1. The van der Waals surface area contributed by atoms with Crippen molar-refractivity contribution in [3.63, 3.8) is 0 Å². The molecule has 0 bridgehead atoms. The van der Waals surface area contributed by atoms with Crippen molar-refractivity contribution in [2.24, 2.45) is 0 Å². The molecule has 0 fully saturated rings. The molecule has 3 heteroatoms. The quantitative estimate of drug-likeness (QED) is 0.718. The molecule has 0 saturated heterocycles. The molecule has 88 valence electrons. The molecule has 0 spiro atoms. The first kappa shape index (κ1) is 12.6. The zero-order valence-corrected chi connectivity index (χ0v) is 10.0. The van der Waals surface area contributed by atoms with Gasteiger partial charge in [0.15, 0.2) is 0 Å². The van der Waals surface area contributed by atoms with Gasteiger partial charge < -0.3 is 9.47 Å². The second-order valence-corrected chi connectivity index (χ2v) is 3.75. The molecule has 0 saturated carbocycles. The highest BCUT2D eigenvalue weighted by Gasteiger charge is 2.10. The molecule has 16 heavy (non-hydrogen) atoms. The van der Waals surface area contributed by atoms with Gasteiger partial charge in [0.1, 0.15) is 11.9 Å². The highest BCUT2D eigenvalue weighted by atomic mass is 16.5. The molecule has 3 nitrogen and oxygen atoms in total. The fourth-order valence-electron chi connectivity index (χ4n) is 1.35. The van der Waals surface area contributed by atoms with E-state index >= 15 is 0 Å². The number of carbonyl (C=O) groups excluding carboxylic acids is 1. The Morgan fingerprint density at radius 1 is 1.31 bits per heavy atom. The summed E-state index contributed by atoms with van der Waals surface area (Å²) in [5.74, 6) is 0.560. The maximum Gasteiger partial charge on any atom is 0.309 e. The van der Waals surface area contributed by atoms with Crippen LogP contribution >= 0.6 is 0 Å². The van der Waals surface area contributed by atoms with Crippen LogP contribution in [0.5, 0.6) is 5.75 Å². The van der Waals surface area contributed by atoms with E-state index in [-0.39, 0.29) is 18.5 Å². The minimum Gasteiger partial charge on any atom is -0.490 e. The molecule has 1 aromatic rings. The van der Waals surface area contributed by atoms with Gasteiger partial charge in [0.25, 0.3) is 0 Å². The molecule has 1 unspecified atom stereocenters. The van der Waals surface area contributed by atoms with Crippen LogP contribution in [0.1, 0.15) is 25.8 Å². The number of hydrogen-bond acceptors (Lipinski definition) is 3. The molecule has 0 aromatic heterocycles. The summed E-state index contributed by atoms with van der Waals surface area (Å²) >= 11 is 0. The molecule has 0 amide bonds. The first-order valence-electron chi connectivity index (χ1n) is 5.50. The van der Waals surface area contributed by atoms with E-state index in [0.29, 0.717) is 6.61 Å². The molecular formula is C13H18O3. The number of hydrogen-bond donors (Lipinski definition) is 0. The smallest absolute Gasteiger partial charge is 0.309 e. The largest absolute Gasteiger partial charge is 0.490 e. The molecule has 1 aromatic carbocycles. The number of benzene rings is 1. The first-order chi connectivity index (χ1) is 7.61. The fraction of sp³-hybridized carbons (Fsp3) is 0.462. The summed E-state index contributed by atoms with van der Waals surface area (Å²) in [6, 6.07) is 7.76. The second-order valence-electron chi connectivity index (χ2n) is 3.75. The molecule has 0 heterocycles. The van der Waals surface area contributed by atoms with Crippen LogP contribution in [0.15, 0.2) is 24.3 Å². The van der Waals surface area contributed by atoms with Gasteiger partial charge >= 0.3 is 5.97 Å². The van der Waals surface area contributed by atoms with E-state index in [4.69, 9.17) is 9.47 Å². The van der Waals surface area contributed by atoms with Crippen LogP contribution in [0.3, 0.4) is 0 Å². The minimum absolute atomic E-state index is 0.165. The van der Waals surface area contributed by atoms with E-state index in [1.54, 1.807) is 6.92 Å². The minimum atomic E-state index is -0.220. The Kier molecular flexibility index (Phi) is 4.83. The summed E-state index contributed by atoms with van der Waals surface area (Å²) in [5.41, 5.74) is 1.19. The molecule has 0 aliphatic carbocycles. The van der Waals surface area contributed by atoms with Crippen molar-refractivity contribution in [2.45, 2.75) is 33.3 Å². The van der Waals surface area contributed by atoms with Gasteiger partial charge in [-0.05, 0) is 32.9 Å². The monoisotopic (exact) mass is 222 g/mol. The zero-order chi connectivity index (χ0) is 12.0. The predicted octanol–water partition coefficient (Wildman–Crippen LogP) is 2.72. The Hall–Kier alpha value is -1.51. The van der Waals surface area contributed by atoms with E-state index in [1.807, 2.05) is 38.1 Å². The Morgan fingerprint density at radius 3 is 2.50 bits per heavy atom. The van der Waals surface area contributed by atoms with Gasteiger partial charge in [-0.15, -0.1) is 0 Å². The zero-order valence-electron chi connectivity index (χ0n) is 10.0. The lowest BCUT2D eigenvalue weighted by Gasteiger charge is -2.13. The third kappa shape index (κ3) is 4.34. The first-order valence-corrected chi connectivity index (χ1v) is 5.50. The van der Waals surface area contributed by atoms with Gasteiger partial charge in [0.2, 0.25) is 0 Å². The van der Waals surface area contributed by atoms with Gasteiger partial charge in [-0.25, -0.2) is 0 Å². The Morgan fingerprint density at radius 2 is 1.94 bits per heavy atom. The van der Waals surface area contributed by atoms with E-state index < -0.39 is 0 Å². The Balaban J connectivity index is 2.42. The molecular weight excluding hydrogens is 204 g/mol. The Labute approximate surface area is 96.4 Å². The van der Waals surface area contributed by atoms with Crippen molar-refractivity contribution in [1.82, 2.24) is 0 Å².